The Morgan fingerprint density at radius 3 is 1.91 bits per heavy atom. The Hall–Kier alpha value is -2.16. The predicted molar refractivity (Wildman–Crippen MR) is 153 cm³/mol. The first-order valence-electron chi connectivity index (χ1n) is 12.3. The smallest absolute Gasteiger partial charge is 0.136 e. The first-order chi connectivity index (χ1) is 16.7. The van der Waals surface area contributed by atoms with Crippen molar-refractivity contribution >= 4 is 30.2 Å². The average molecular weight is 500 g/mol. The van der Waals surface area contributed by atoms with E-state index in [0.717, 1.165) is 6.16 Å². The fourth-order valence-electron chi connectivity index (χ4n) is 5.42. The molecule has 3 aromatic rings. The maximum absolute atomic E-state index is 13.5. The summed E-state index contributed by atoms with van der Waals surface area (Å²) in [5.41, 5.74) is 6.66. The summed E-state index contributed by atoms with van der Waals surface area (Å²) < 4.78 is 16.8. The minimum Gasteiger partial charge on any atom is -0.598 e. The fourth-order valence-corrected chi connectivity index (χ4v) is 10.2. The third-order valence-electron chi connectivity index (χ3n) is 7.32. The Morgan fingerprint density at radius 2 is 1.37 bits per heavy atom. The highest BCUT2D eigenvalue weighted by molar-refractivity contribution is 7.90. The minimum absolute atomic E-state index is 0.0362. The van der Waals surface area contributed by atoms with Gasteiger partial charge >= 0.3 is 0 Å². The second-order valence-corrected chi connectivity index (χ2v) is 14.8. The van der Waals surface area contributed by atoms with Crippen molar-refractivity contribution in [2.24, 2.45) is 5.41 Å². The molecule has 0 fully saturated rings. The second kappa shape index (κ2) is 9.37. The van der Waals surface area contributed by atoms with Gasteiger partial charge in [0.15, 0.2) is 0 Å². The van der Waals surface area contributed by atoms with Crippen molar-refractivity contribution in [3.8, 4) is 0 Å². The summed E-state index contributed by atoms with van der Waals surface area (Å²) in [6, 6.07) is 32.2. The summed E-state index contributed by atoms with van der Waals surface area (Å²) in [4.78, 5) is 0. The van der Waals surface area contributed by atoms with Crippen molar-refractivity contribution in [2.75, 3.05) is 6.16 Å². The molecule has 0 aliphatic carbocycles. The molecule has 35 heavy (non-hydrogen) atoms. The molecule has 0 saturated carbocycles. The van der Waals surface area contributed by atoms with Crippen LogP contribution in [-0.2, 0) is 11.4 Å². The molecule has 2 aliphatic heterocycles. The molecule has 0 unspecified atom stereocenters. The standard InChI is InChI=1S/C31H34NOPS/c1-22-28(25-19-13-8-14-20-25)34-21-31(22,5)26(23-15-9-6-10-16-23)29(34)27(24-17-11-7-12-18-24)32-35(33)30(2,3)4/h6-20,27,32H,21H2,1-5H3/t27-,31-,34+,35+/m0/s1. The van der Waals surface area contributed by atoms with Crippen LogP contribution in [0, 0.1) is 5.41 Å². The first-order valence-corrected chi connectivity index (χ1v) is 15.0. The zero-order chi connectivity index (χ0) is 24.8. The van der Waals surface area contributed by atoms with Crippen molar-refractivity contribution in [3.63, 3.8) is 0 Å². The van der Waals surface area contributed by atoms with E-state index in [1.165, 1.54) is 38.5 Å². The lowest BCUT2D eigenvalue weighted by molar-refractivity contribution is 0.536. The number of nitrogens with one attached hydrogen (secondary N) is 1. The third kappa shape index (κ3) is 4.34. The van der Waals surface area contributed by atoms with Crippen LogP contribution in [0.3, 0.4) is 0 Å². The van der Waals surface area contributed by atoms with Gasteiger partial charge in [-0.2, -0.15) is 0 Å². The molecular weight excluding hydrogens is 465 g/mol. The molecule has 0 radical (unpaired) electrons. The van der Waals surface area contributed by atoms with Gasteiger partial charge in [0.05, 0.1) is 0 Å². The topological polar surface area (TPSA) is 35.1 Å². The van der Waals surface area contributed by atoms with Crippen LogP contribution in [0.1, 0.15) is 57.4 Å². The number of fused-ring (bicyclic) bond motifs is 2. The molecular formula is C31H34NOPS. The van der Waals surface area contributed by atoms with Gasteiger partial charge in [-0.15, -0.1) is 4.72 Å². The van der Waals surface area contributed by atoms with Crippen molar-refractivity contribution in [1.29, 1.82) is 0 Å². The summed E-state index contributed by atoms with van der Waals surface area (Å²) in [5.74, 6) is 0. The highest BCUT2D eigenvalue weighted by Crippen LogP contribution is 2.79. The molecule has 3 aromatic carbocycles. The molecule has 0 amide bonds. The highest BCUT2D eigenvalue weighted by atomic mass is 32.2. The number of benzene rings is 3. The van der Waals surface area contributed by atoms with Crippen LogP contribution in [-0.4, -0.2) is 15.5 Å². The van der Waals surface area contributed by atoms with Gasteiger partial charge in [0, 0.05) is 16.8 Å². The Kier molecular flexibility index (Phi) is 6.57. The van der Waals surface area contributed by atoms with E-state index in [1.807, 2.05) is 20.8 Å². The summed E-state index contributed by atoms with van der Waals surface area (Å²) >= 11 is -1.21. The quantitative estimate of drug-likeness (QED) is 0.274. The van der Waals surface area contributed by atoms with Crippen LogP contribution in [0.4, 0.5) is 0 Å². The lowest BCUT2D eigenvalue weighted by atomic mass is 9.73. The van der Waals surface area contributed by atoms with Gasteiger partial charge in [-0.1, -0.05) is 103 Å². The first kappa shape index (κ1) is 24.5. The van der Waals surface area contributed by atoms with E-state index in [1.54, 1.807) is 0 Å². The van der Waals surface area contributed by atoms with Gasteiger partial charge in [0.1, 0.15) is 10.8 Å². The molecule has 2 bridgehead atoms. The molecule has 2 aliphatic rings. The van der Waals surface area contributed by atoms with Gasteiger partial charge in [-0.3, -0.25) is 0 Å². The van der Waals surface area contributed by atoms with Crippen molar-refractivity contribution in [2.45, 2.75) is 45.4 Å². The zero-order valence-corrected chi connectivity index (χ0v) is 22.9. The zero-order valence-electron chi connectivity index (χ0n) is 21.2. The van der Waals surface area contributed by atoms with Crippen LogP contribution < -0.4 is 4.72 Å². The van der Waals surface area contributed by atoms with E-state index in [4.69, 9.17) is 0 Å². The number of hydrogen-bond donors (Lipinski definition) is 1. The molecule has 1 N–H and O–H groups in total. The molecule has 0 saturated heterocycles. The Balaban J connectivity index is 1.74. The van der Waals surface area contributed by atoms with E-state index in [9.17, 15) is 4.55 Å². The maximum Gasteiger partial charge on any atom is 0.136 e. The molecule has 0 spiro atoms. The van der Waals surface area contributed by atoms with Crippen LogP contribution in [0.25, 0.3) is 10.9 Å². The monoisotopic (exact) mass is 499 g/mol. The van der Waals surface area contributed by atoms with Gasteiger partial charge in [-0.25, -0.2) is 0 Å². The maximum atomic E-state index is 13.5. The molecule has 4 atom stereocenters. The number of rotatable bonds is 6. The predicted octanol–water partition coefficient (Wildman–Crippen LogP) is 8.14. The van der Waals surface area contributed by atoms with Gasteiger partial charge in [0.2, 0.25) is 0 Å². The second-order valence-electron chi connectivity index (χ2n) is 10.7. The molecule has 2 nitrogen and oxygen atoms in total. The highest BCUT2D eigenvalue weighted by Gasteiger charge is 2.54. The van der Waals surface area contributed by atoms with E-state index in [2.05, 4.69) is 110 Å². The lowest BCUT2D eigenvalue weighted by Gasteiger charge is -2.35. The van der Waals surface area contributed by atoms with E-state index in [-0.39, 0.29) is 16.2 Å². The van der Waals surface area contributed by atoms with Crippen molar-refractivity contribution < 1.29 is 4.55 Å². The summed E-state index contributed by atoms with van der Waals surface area (Å²) in [5, 5.41) is 2.93. The minimum atomic E-state index is -1.21. The molecule has 180 valence electrons. The van der Waals surface area contributed by atoms with Crippen LogP contribution in [0.2, 0.25) is 0 Å². The van der Waals surface area contributed by atoms with Crippen LogP contribution >= 0.6 is 7.92 Å². The Bertz CT molecular complexity index is 1260. The van der Waals surface area contributed by atoms with Gasteiger partial charge < -0.3 is 4.55 Å². The lowest BCUT2D eigenvalue weighted by Crippen LogP contribution is -2.41. The van der Waals surface area contributed by atoms with E-state index in [0.29, 0.717) is 0 Å². The van der Waals surface area contributed by atoms with Gasteiger partial charge in [-0.05, 0) is 74.7 Å². The Morgan fingerprint density at radius 1 is 0.857 bits per heavy atom. The third-order valence-corrected chi connectivity index (χ3v) is 12.0. The molecule has 0 aromatic heterocycles. The van der Waals surface area contributed by atoms with Crippen LogP contribution in [0.15, 0.2) is 102 Å². The van der Waals surface area contributed by atoms with Crippen molar-refractivity contribution in [1.82, 2.24) is 4.72 Å². The van der Waals surface area contributed by atoms with E-state index < -0.39 is 19.3 Å². The van der Waals surface area contributed by atoms with Crippen LogP contribution in [0.5, 0.6) is 0 Å². The summed E-state index contributed by atoms with van der Waals surface area (Å²) in [6.45, 7) is 10.9. The normalized spacial score (nSPS) is 23.7. The van der Waals surface area contributed by atoms with Gasteiger partial charge in [0.25, 0.3) is 0 Å². The largest absolute Gasteiger partial charge is 0.598 e. The molecule has 2 heterocycles. The molecule has 5 rings (SSSR count). The fraction of sp³-hybridized carbons (Fsp3) is 0.290. The Labute approximate surface area is 214 Å². The average Bonchev–Trinajstić information content (AvgIpc) is 3.30. The SMILES string of the molecule is CC1=C(c2ccccc2)[P@@]2C[C@]1(C)C(c1ccccc1)=C2[C@@H](N[S@+]([O-])C(C)(C)C)c1ccccc1. The molecule has 4 heteroatoms. The summed E-state index contributed by atoms with van der Waals surface area (Å²) in [6.07, 6.45) is 1.12. The summed E-state index contributed by atoms with van der Waals surface area (Å²) in [7, 11) is -0.590. The number of allylic oxidation sites excluding steroid dienone is 2. The van der Waals surface area contributed by atoms with Crippen molar-refractivity contribution in [3.05, 3.63) is 119 Å². The number of hydrogen-bond acceptors (Lipinski definition) is 2. The van der Waals surface area contributed by atoms with E-state index >= 15 is 0 Å².